The van der Waals surface area contributed by atoms with E-state index in [1.165, 1.54) is 41.3 Å². The van der Waals surface area contributed by atoms with Gasteiger partial charge in [-0.2, -0.15) is 18.4 Å². The van der Waals surface area contributed by atoms with Crippen LogP contribution in [0.25, 0.3) is 10.9 Å². The molecule has 42 heavy (non-hydrogen) atoms. The summed E-state index contributed by atoms with van der Waals surface area (Å²) in [7, 11) is 0. The van der Waals surface area contributed by atoms with Crippen LogP contribution in [0.2, 0.25) is 5.02 Å². The molecule has 11 nitrogen and oxygen atoms in total. The zero-order valence-corrected chi connectivity index (χ0v) is 22.7. The van der Waals surface area contributed by atoms with Crippen LogP contribution in [0.5, 0.6) is 0 Å². The lowest BCUT2D eigenvalue weighted by Gasteiger charge is -2.32. The molecule has 1 aliphatic heterocycles. The van der Waals surface area contributed by atoms with Crippen molar-refractivity contribution in [2.75, 3.05) is 30.3 Å². The van der Waals surface area contributed by atoms with E-state index in [1.807, 2.05) is 6.07 Å². The fourth-order valence-corrected chi connectivity index (χ4v) is 4.88. The molecule has 15 heteroatoms. The molecular weight excluding hydrogens is 581 g/mol. The van der Waals surface area contributed by atoms with Crippen LogP contribution in [-0.4, -0.2) is 57.9 Å². The van der Waals surface area contributed by atoms with Crippen molar-refractivity contribution in [3.05, 3.63) is 67.8 Å². The third-order valence-corrected chi connectivity index (χ3v) is 7.27. The van der Waals surface area contributed by atoms with Crippen molar-refractivity contribution in [3.8, 4) is 6.07 Å². The van der Waals surface area contributed by atoms with Crippen molar-refractivity contribution in [1.82, 2.24) is 14.0 Å². The Morgan fingerprint density at radius 2 is 1.79 bits per heavy atom. The molecule has 0 spiro atoms. The first kappa shape index (κ1) is 29.2. The fourth-order valence-electron chi connectivity index (χ4n) is 4.65. The first-order chi connectivity index (χ1) is 19.9. The molecule has 2 fully saturated rings. The highest BCUT2D eigenvalue weighted by Crippen LogP contribution is 2.30. The lowest BCUT2D eigenvalue weighted by Crippen LogP contribution is -2.51. The molecule has 2 heterocycles. The molecule has 1 aromatic heterocycles. The Labute approximate surface area is 241 Å². The van der Waals surface area contributed by atoms with Crippen LogP contribution in [0.1, 0.15) is 18.4 Å². The van der Waals surface area contributed by atoms with Gasteiger partial charge in [0.15, 0.2) is 6.10 Å². The summed E-state index contributed by atoms with van der Waals surface area (Å²) in [5.74, 6) is -0.492. The molecule has 1 aliphatic carbocycles. The smallest absolute Gasteiger partial charge is 0.365 e. The summed E-state index contributed by atoms with van der Waals surface area (Å²) in [5.41, 5.74) is -1.26. The molecule has 0 bridgehead atoms. The third kappa shape index (κ3) is 6.42. The Kier molecular flexibility index (Phi) is 7.98. The average molecular weight is 605 g/mol. The number of nitrogens with one attached hydrogen (secondary N) is 2. The number of anilines is 2. The van der Waals surface area contributed by atoms with Gasteiger partial charge in [-0.1, -0.05) is 11.6 Å². The van der Waals surface area contributed by atoms with Gasteiger partial charge < -0.3 is 20.3 Å². The number of nitriles is 1. The van der Waals surface area contributed by atoms with Crippen molar-refractivity contribution in [2.24, 2.45) is 5.92 Å². The minimum atomic E-state index is -4.70. The van der Waals surface area contributed by atoms with Crippen LogP contribution >= 0.6 is 11.6 Å². The van der Waals surface area contributed by atoms with Crippen LogP contribution in [0.15, 0.2) is 46.0 Å². The maximum Gasteiger partial charge on any atom is 0.406 e. The second-order valence-electron chi connectivity index (χ2n) is 10.1. The van der Waals surface area contributed by atoms with E-state index in [9.17, 15) is 32.3 Å². The Balaban J connectivity index is 1.33. The van der Waals surface area contributed by atoms with Gasteiger partial charge in [0.2, 0.25) is 0 Å². The zero-order chi connectivity index (χ0) is 30.2. The molecule has 3 aromatic rings. The van der Waals surface area contributed by atoms with E-state index in [0.717, 1.165) is 17.4 Å². The molecule has 1 saturated heterocycles. The van der Waals surface area contributed by atoms with Crippen LogP contribution in [-0.2, 0) is 22.6 Å². The molecule has 2 aromatic carbocycles. The van der Waals surface area contributed by atoms with Crippen molar-refractivity contribution in [1.29, 1.82) is 5.26 Å². The molecular formula is C27H24ClF3N6O5. The number of hydrogen-bond donors (Lipinski definition) is 2. The maximum atomic E-state index is 13.3. The van der Waals surface area contributed by atoms with Gasteiger partial charge in [-0.3, -0.25) is 18.7 Å². The second-order valence-corrected chi connectivity index (χ2v) is 10.5. The van der Waals surface area contributed by atoms with Gasteiger partial charge in [-0.15, -0.1) is 0 Å². The Morgan fingerprint density at radius 3 is 2.45 bits per heavy atom. The Bertz CT molecular complexity index is 1730. The van der Waals surface area contributed by atoms with Gasteiger partial charge in [-0.25, -0.2) is 9.59 Å². The predicted molar refractivity (Wildman–Crippen MR) is 146 cm³/mol. The summed E-state index contributed by atoms with van der Waals surface area (Å²) in [5, 5.41) is 14.3. The topological polar surface area (TPSA) is 138 Å². The van der Waals surface area contributed by atoms with E-state index in [0.29, 0.717) is 10.3 Å². The highest BCUT2D eigenvalue weighted by molar-refractivity contribution is 6.32. The van der Waals surface area contributed by atoms with Gasteiger partial charge in [0, 0.05) is 24.5 Å². The van der Waals surface area contributed by atoms with Crippen LogP contribution < -0.4 is 21.9 Å². The minimum Gasteiger partial charge on any atom is -0.365 e. The standard InChI is InChI=1S/C27H24ClF3N6O5/c28-20-10-18(4-3-16(20)11-32)33-23(38)22-13-35(7-8-42-22)25(40)34-17-5-6-21-19(9-17)24(39)36(12-15-1-2-15)26(41)37(21)14-27(29,30)31/h3-6,9-10,15,22H,1-2,7-8,12-14H2,(H,33,38)(H,34,40). The largest absolute Gasteiger partial charge is 0.406 e. The molecule has 1 atom stereocenters. The minimum absolute atomic E-state index is 0.0218. The van der Waals surface area contributed by atoms with Crippen molar-refractivity contribution in [2.45, 2.75) is 38.2 Å². The number of nitrogens with zero attached hydrogens (tertiary/aromatic N) is 4. The van der Waals surface area contributed by atoms with Gasteiger partial charge in [0.1, 0.15) is 12.6 Å². The third-order valence-electron chi connectivity index (χ3n) is 6.95. The quantitative estimate of drug-likeness (QED) is 0.441. The number of halogens is 4. The molecule has 0 radical (unpaired) electrons. The maximum absolute atomic E-state index is 13.3. The number of ether oxygens (including phenoxy) is 1. The number of rotatable bonds is 6. The number of urea groups is 1. The van der Waals surface area contributed by atoms with E-state index in [2.05, 4.69) is 10.6 Å². The monoisotopic (exact) mass is 604 g/mol. The first-order valence-electron chi connectivity index (χ1n) is 13.0. The highest BCUT2D eigenvalue weighted by atomic mass is 35.5. The molecule has 3 amide bonds. The Hall–Kier alpha value is -4.35. The van der Waals surface area contributed by atoms with Crippen LogP contribution in [0.3, 0.4) is 0 Å². The number of aromatic nitrogens is 2. The number of alkyl halides is 3. The summed E-state index contributed by atoms with van der Waals surface area (Å²) in [6.07, 6.45) is -4.17. The highest BCUT2D eigenvalue weighted by Gasteiger charge is 2.32. The molecule has 1 saturated carbocycles. The van der Waals surface area contributed by atoms with Gasteiger partial charge in [0.25, 0.3) is 11.5 Å². The number of amides is 3. The van der Waals surface area contributed by atoms with Crippen molar-refractivity contribution < 1.29 is 27.5 Å². The lowest BCUT2D eigenvalue weighted by molar-refractivity contribution is -0.140. The van der Waals surface area contributed by atoms with Crippen LogP contribution in [0, 0.1) is 17.2 Å². The molecule has 1 unspecified atom stereocenters. The number of carbonyl (C=O) groups excluding carboxylic acids is 2. The van der Waals surface area contributed by atoms with E-state index in [4.69, 9.17) is 21.6 Å². The predicted octanol–water partition coefficient (Wildman–Crippen LogP) is 3.53. The first-order valence-corrected chi connectivity index (χ1v) is 13.3. The van der Waals surface area contributed by atoms with Gasteiger partial charge >= 0.3 is 17.9 Å². The number of carbonyl (C=O) groups is 2. The SMILES string of the molecule is N#Cc1ccc(NC(=O)C2CN(C(=O)Nc3ccc4c(c3)c(=O)n(CC3CC3)c(=O)n4CC(F)(F)F)CCO2)cc1Cl. The summed E-state index contributed by atoms with van der Waals surface area (Å²) >= 11 is 6.01. The van der Waals surface area contributed by atoms with E-state index < -0.39 is 42.0 Å². The number of morpholine rings is 1. The second kappa shape index (κ2) is 11.5. The Morgan fingerprint density at radius 1 is 1.07 bits per heavy atom. The van der Waals surface area contributed by atoms with Gasteiger partial charge in [-0.05, 0) is 55.2 Å². The summed E-state index contributed by atoms with van der Waals surface area (Å²) in [6.45, 7) is -1.47. The molecule has 5 rings (SSSR count). The molecule has 220 valence electrons. The number of benzene rings is 2. The molecule has 2 N–H and O–H groups in total. The van der Waals surface area contributed by atoms with E-state index in [1.54, 1.807) is 0 Å². The zero-order valence-electron chi connectivity index (χ0n) is 21.9. The van der Waals surface area contributed by atoms with E-state index >= 15 is 0 Å². The molecule has 2 aliphatic rings. The fraction of sp³-hybridized carbons (Fsp3) is 0.370. The summed E-state index contributed by atoms with van der Waals surface area (Å²) < 4.78 is 46.8. The summed E-state index contributed by atoms with van der Waals surface area (Å²) in [4.78, 5) is 53.1. The number of hydrogen-bond acceptors (Lipinski definition) is 6. The number of fused-ring (bicyclic) bond motifs is 1. The van der Waals surface area contributed by atoms with Crippen molar-refractivity contribution >= 4 is 45.8 Å². The van der Waals surface area contributed by atoms with Gasteiger partial charge in [0.05, 0.1) is 34.6 Å². The average Bonchev–Trinajstić information content (AvgIpc) is 3.77. The van der Waals surface area contributed by atoms with Crippen LogP contribution in [0.4, 0.5) is 29.3 Å². The normalized spacial score (nSPS) is 17.1. The van der Waals surface area contributed by atoms with Crippen molar-refractivity contribution in [3.63, 3.8) is 0 Å². The lowest BCUT2D eigenvalue weighted by atomic mass is 10.2. The van der Waals surface area contributed by atoms with E-state index in [-0.39, 0.29) is 59.3 Å². The summed E-state index contributed by atoms with van der Waals surface area (Å²) in [6, 6.07) is 9.40.